The zero-order valence-corrected chi connectivity index (χ0v) is 8.29. The number of allylic oxidation sites excluding steroid dienone is 1. The molecular formula is C12H14O. The van der Waals surface area contributed by atoms with Gasteiger partial charge in [-0.15, -0.1) is 0 Å². The molecule has 0 spiro atoms. The SMILES string of the molecule is CC(=O)C=Cc1cccc(C)c1C. The van der Waals surface area contributed by atoms with Gasteiger partial charge < -0.3 is 0 Å². The number of hydrogen-bond acceptors (Lipinski definition) is 1. The molecule has 0 radical (unpaired) electrons. The van der Waals surface area contributed by atoms with Gasteiger partial charge in [0, 0.05) is 0 Å². The standard InChI is InChI=1S/C12H14O/c1-9-5-4-6-12(11(9)3)8-7-10(2)13/h4-8H,1-3H3. The highest BCUT2D eigenvalue weighted by Gasteiger charge is 1.96. The predicted octanol–water partition coefficient (Wildman–Crippen LogP) is 2.91. The highest BCUT2D eigenvalue weighted by molar-refractivity contribution is 5.91. The summed E-state index contributed by atoms with van der Waals surface area (Å²) >= 11 is 0. The zero-order valence-electron chi connectivity index (χ0n) is 8.29. The lowest BCUT2D eigenvalue weighted by Gasteiger charge is -2.02. The van der Waals surface area contributed by atoms with Crippen molar-refractivity contribution in [1.29, 1.82) is 0 Å². The van der Waals surface area contributed by atoms with E-state index < -0.39 is 0 Å². The third-order valence-electron chi connectivity index (χ3n) is 2.14. The Hall–Kier alpha value is -1.37. The van der Waals surface area contributed by atoms with Gasteiger partial charge in [0.15, 0.2) is 5.78 Å². The average Bonchev–Trinajstić information content (AvgIpc) is 2.07. The maximum atomic E-state index is 10.7. The van der Waals surface area contributed by atoms with Crippen LogP contribution in [0.1, 0.15) is 23.6 Å². The van der Waals surface area contributed by atoms with Crippen molar-refractivity contribution >= 4 is 11.9 Å². The van der Waals surface area contributed by atoms with Gasteiger partial charge in [0.05, 0.1) is 0 Å². The molecular weight excluding hydrogens is 160 g/mol. The summed E-state index contributed by atoms with van der Waals surface area (Å²) in [7, 11) is 0. The van der Waals surface area contributed by atoms with E-state index >= 15 is 0 Å². The van der Waals surface area contributed by atoms with Crippen molar-refractivity contribution in [1.82, 2.24) is 0 Å². The smallest absolute Gasteiger partial charge is 0.152 e. The number of aryl methyl sites for hydroxylation is 1. The minimum atomic E-state index is 0.0842. The molecule has 0 N–H and O–H groups in total. The van der Waals surface area contributed by atoms with Crippen LogP contribution in [0, 0.1) is 13.8 Å². The van der Waals surface area contributed by atoms with Gasteiger partial charge in [-0.2, -0.15) is 0 Å². The molecule has 0 aromatic heterocycles. The number of hydrogen-bond donors (Lipinski definition) is 0. The Bertz CT molecular complexity index is 348. The first-order valence-corrected chi connectivity index (χ1v) is 4.36. The summed E-state index contributed by atoms with van der Waals surface area (Å²) in [5, 5.41) is 0. The molecule has 0 unspecified atom stereocenters. The Kier molecular flexibility index (Phi) is 3.02. The van der Waals surface area contributed by atoms with E-state index in [2.05, 4.69) is 19.9 Å². The lowest BCUT2D eigenvalue weighted by molar-refractivity contribution is -0.112. The fourth-order valence-corrected chi connectivity index (χ4v) is 1.16. The summed E-state index contributed by atoms with van der Waals surface area (Å²) in [6, 6.07) is 6.09. The predicted molar refractivity (Wildman–Crippen MR) is 55.6 cm³/mol. The van der Waals surface area contributed by atoms with Crippen LogP contribution in [0.25, 0.3) is 6.08 Å². The van der Waals surface area contributed by atoms with Crippen molar-refractivity contribution in [2.24, 2.45) is 0 Å². The molecule has 0 aliphatic carbocycles. The molecule has 1 nitrogen and oxygen atoms in total. The molecule has 0 saturated heterocycles. The van der Waals surface area contributed by atoms with Gasteiger partial charge in [0.25, 0.3) is 0 Å². The number of carbonyl (C=O) groups excluding carboxylic acids is 1. The van der Waals surface area contributed by atoms with Gasteiger partial charge in [-0.1, -0.05) is 24.3 Å². The Morgan fingerprint density at radius 2 is 2.00 bits per heavy atom. The van der Waals surface area contributed by atoms with Crippen molar-refractivity contribution < 1.29 is 4.79 Å². The van der Waals surface area contributed by atoms with E-state index in [1.807, 2.05) is 18.2 Å². The fourth-order valence-electron chi connectivity index (χ4n) is 1.16. The molecule has 0 heterocycles. The summed E-state index contributed by atoms with van der Waals surface area (Å²) < 4.78 is 0. The van der Waals surface area contributed by atoms with Crippen LogP contribution in [0.3, 0.4) is 0 Å². The molecule has 1 aromatic rings. The highest BCUT2D eigenvalue weighted by atomic mass is 16.1. The molecule has 1 aromatic carbocycles. The molecule has 68 valence electrons. The minimum absolute atomic E-state index is 0.0842. The molecule has 0 fully saturated rings. The van der Waals surface area contributed by atoms with Crippen molar-refractivity contribution in [2.75, 3.05) is 0 Å². The summed E-state index contributed by atoms with van der Waals surface area (Å²) in [5.74, 6) is 0.0842. The Morgan fingerprint density at radius 3 is 2.62 bits per heavy atom. The van der Waals surface area contributed by atoms with Gasteiger partial charge in [-0.3, -0.25) is 4.79 Å². The zero-order chi connectivity index (χ0) is 9.84. The Labute approximate surface area is 79.1 Å². The molecule has 1 heteroatoms. The van der Waals surface area contributed by atoms with E-state index in [0.29, 0.717) is 0 Å². The van der Waals surface area contributed by atoms with Crippen molar-refractivity contribution in [2.45, 2.75) is 20.8 Å². The van der Waals surface area contributed by atoms with Crippen LogP contribution in [0.5, 0.6) is 0 Å². The van der Waals surface area contributed by atoms with Crippen molar-refractivity contribution in [3.05, 3.63) is 41.0 Å². The summed E-state index contributed by atoms with van der Waals surface area (Å²) in [5.41, 5.74) is 3.61. The average molecular weight is 174 g/mol. The normalized spacial score (nSPS) is 10.7. The second kappa shape index (κ2) is 4.04. The van der Waals surface area contributed by atoms with Crippen LogP contribution in [-0.4, -0.2) is 5.78 Å². The monoisotopic (exact) mass is 174 g/mol. The van der Waals surface area contributed by atoms with E-state index in [-0.39, 0.29) is 5.78 Å². The quantitative estimate of drug-likeness (QED) is 0.630. The van der Waals surface area contributed by atoms with Crippen molar-refractivity contribution in [3.8, 4) is 0 Å². The molecule has 1 rings (SSSR count). The van der Waals surface area contributed by atoms with E-state index in [0.717, 1.165) is 5.56 Å². The van der Waals surface area contributed by atoms with Crippen LogP contribution in [-0.2, 0) is 4.79 Å². The van der Waals surface area contributed by atoms with Crippen LogP contribution >= 0.6 is 0 Å². The van der Waals surface area contributed by atoms with Gasteiger partial charge in [0.1, 0.15) is 0 Å². The first-order chi connectivity index (χ1) is 6.11. The Balaban J connectivity index is 3.02. The molecule has 0 bridgehead atoms. The van der Waals surface area contributed by atoms with E-state index in [1.54, 1.807) is 13.0 Å². The summed E-state index contributed by atoms with van der Waals surface area (Å²) in [6.07, 6.45) is 3.46. The van der Waals surface area contributed by atoms with Gasteiger partial charge in [-0.25, -0.2) is 0 Å². The van der Waals surface area contributed by atoms with Crippen LogP contribution in [0.2, 0.25) is 0 Å². The third-order valence-corrected chi connectivity index (χ3v) is 2.14. The van der Waals surface area contributed by atoms with Gasteiger partial charge in [-0.05, 0) is 43.5 Å². The topological polar surface area (TPSA) is 17.1 Å². The molecule has 0 saturated carbocycles. The first kappa shape index (κ1) is 9.72. The van der Waals surface area contributed by atoms with Crippen LogP contribution in [0.15, 0.2) is 24.3 Å². The van der Waals surface area contributed by atoms with E-state index in [9.17, 15) is 4.79 Å². The number of ketones is 1. The first-order valence-electron chi connectivity index (χ1n) is 4.36. The maximum Gasteiger partial charge on any atom is 0.152 e. The molecule has 13 heavy (non-hydrogen) atoms. The maximum absolute atomic E-state index is 10.7. The Morgan fingerprint density at radius 1 is 1.31 bits per heavy atom. The van der Waals surface area contributed by atoms with Gasteiger partial charge in [0.2, 0.25) is 0 Å². The number of rotatable bonds is 2. The fraction of sp³-hybridized carbons (Fsp3) is 0.250. The van der Waals surface area contributed by atoms with Crippen molar-refractivity contribution in [3.63, 3.8) is 0 Å². The lowest BCUT2D eigenvalue weighted by atomic mass is 10.0. The van der Waals surface area contributed by atoms with E-state index in [1.165, 1.54) is 11.1 Å². The summed E-state index contributed by atoms with van der Waals surface area (Å²) in [4.78, 5) is 10.7. The highest BCUT2D eigenvalue weighted by Crippen LogP contribution is 2.13. The van der Waals surface area contributed by atoms with E-state index in [4.69, 9.17) is 0 Å². The molecule has 0 aliphatic rings. The lowest BCUT2D eigenvalue weighted by Crippen LogP contribution is -1.86. The third kappa shape index (κ3) is 2.55. The minimum Gasteiger partial charge on any atom is -0.295 e. The molecule has 0 atom stereocenters. The van der Waals surface area contributed by atoms with Crippen LogP contribution < -0.4 is 0 Å². The largest absolute Gasteiger partial charge is 0.295 e. The number of benzene rings is 1. The molecule has 0 aliphatic heterocycles. The van der Waals surface area contributed by atoms with Gasteiger partial charge >= 0.3 is 0 Å². The second-order valence-electron chi connectivity index (χ2n) is 3.23. The molecule has 0 amide bonds. The summed E-state index contributed by atoms with van der Waals surface area (Å²) in [6.45, 7) is 5.69. The second-order valence-corrected chi connectivity index (χ2v) is 3.23. The van der Waals surface area contributed by atoms with Crippen LogP contribution in [0.4, 0.5) is 0 Å². The number of carbonyl (C=O) groups is 1.